The Balaban J connectivity index is 2.80. The lowest BCUT2D eigenvalue weighted by atomic mass is 10.2. The zero-order chi connectivity index (χ0) is 16.2. The summed E-state index contributed by atoms with van der Waals surface area (Å²) in [6.45, 7) is 5.09. The second-order valence-electron chi connectivity index (χ2n) is 4.83. The summed E-state index contributed by atoms with van der Waals surface area (Å²) in [7, 11) is -1.77. The molecule has 1 N–H and O–H groups in total. The van der Waals surface area contributed by atoms with E-state index in [2.05, 4.69) is 39.4 Å². The molecule has 1 aromatic rings. The molecule has 0 saturated carbocycles. The fourth-order valence-electron chi connectivity index (χ4n) is 1.75. The Bertz CT molecular complexity index is 573. The van der Waals surface area contributed by atoms with E-state index < -0.39 is 10.0 Å². The van der Waals surface area contributed by atoms with Crippen LogP contribution in [0.25, 0.3) is 0 Å². The number of benzene rings is 1. The lowest BCUT2D eigenvalue weighted by molar-refractivity contribution is 0.256. The van der Waals surface area contributed by atoms with Crippen LogP contribution in [0.5, 0.6) is 0 Å². The molecular formula is C13H19BrCl2N2O2S. The predicted molar refractivity (Wildman–Crippen MR) is 91.7 cm³/mol. The van der Waals surface area contributed by atoms with Crippen molar-refractivity contribution in [2.24, 2.45) is 0 Å². The maximum Gasteiger partial charge on any atom is 0.243 e. The van der Waals surface area contributed by atoms with Crippen molar-refractivity contribution in [3.8, 4) is 0 Å². The van der Waals surface area contributed by atoms with Crippen LogP contribution < -0.4 is 4.72 Å². The van der Waals surface area contributed by atoms with Crippen LogP contribution in [0.1, 0.15) is 20.3 Å². The third-order valence-corrected chi connectivity index (χ3v) is 6.17. The number of halogens is 3. The lowest BCUT2D eigenvalue weighted by Crippen LogP contribution is -2.37. The Kier molecular flexibility index (Phi) is 7.43. The summed E-state index contributed by atoms with van der Waals surface area (Å²) in [6, 6.07) is 3.41. The number of hydrogen-bond donors (Lipinski definition) is 1. The largest absolute Gasteiger partial charge is 0.302 e. The third-order valence-electron chi connectivity index (χ3n) is 3.33. The number of likely N-dealkylation sites (N-methyl/N-ethyl adjacent to an activating group) is 1. The Morgan fingerprint density at radius 1 is 1.33 bits per heavy atom. The van der Waals surface area contributed by atoms with E-state index in [1.165, 1.54) is 12.1 Å². The molecule has 0 bridgehead atoms. The fourth-order valence-corrected chi connectivity index (χ4v) is 4.70. The number of sulfonamides is 1. The van der Waals surface area contributed by atoms with Gasteiger partial charge in [-0.2, -0.15) is 0 Å². The van der Waals surface area contributed by atoms with E-state index in [1.54, 1.807) is 0 Å². The van der Waals surface area contributed by atoms with Gasteiger partial charge in [-0.25, -0.2) is 13.1 Å². The molecule has 1 atom stereocenters. The lowest BCUT2D eigenvalue weighted by Gasteiger charge is -2.23. The van der Waals surface area contributed by atoms with Crippen molar-refractivity contribution in [3.63, 3.8) is 0 Å². The highest BCUT2D eigenvalue weighted by Gasteiger charge is 2.22. The van der Waals surface area contributed by atoms with Gasteiger partial charge in [0.1, 0.15) is 4.90 Å². The highest BCUT2D eigenvalue weighted by molar-refractivity contribution is 9.10. The first-order valence-corrected chi connectivity index (χ1v) is 9.56. The summed E-state index contributed by atoms with van der Waals surface area (Å²) in [5.41, 5.74) is 0. The molecule has 1 rings (SSSR count). The first kappa shape index (κ1) is 19.2. The van der Waals surface area contributed by atoms with E-state index in [0.29, 0.717) is 23.6 Å². The van der Waals surface area contributed by atoms with Crippen LogP contribution in [0.15, 0.2) is 21.5 Å². The second kappa shape index (κ2) is 8.13. The summed E-state index contributed by atoms with van der Waals surface area (Å²) in [6.07, 6.45) is 1.01. The van der Waals surface area contributed by atoms with Gasteiger partial charge in [0.15, 0.2) is 0 Å². The van der Waals surface area contributed by atoms with E-state index in [4.69, 9.17) is 23.2 Å². The maximum atomic E-state index is 12.3. The number of nitrogens with one attached hydrogen (secondary N) is 1. The number of nitrogens with zero attached hydrogens (tertiary/aromatic N) is 1. The van der Waals surface area contributed by atoms with Gasteiger partial charge in [0, 0.05) is 23.6 Å². The van der Waals surface area contributed by atoms with E-state index in [-0.39, 0.29) is 14.9 Å². The maximum absolute atomic E-state index is 12.3. The first-order chi connectivity index (χ1) is 9.69. The Morgan fingerprint density at radius 2 is 1.86 bits per heavy atom. The van der Waals surface area contributed by atoms with E-state index >= 15 is 0 Å². The molecule has 0 aliphatic carbocycles. The highest BCUT2D eigenvalue weighted by Crippen LogP contribution is 2.32. The summed E-state index contributed by atoms with van der Waals surface area (Å²) in [4.78, 5) is 2.01. The molecule has 0 saturated heterocycles. The average Bonchev–Trinajstić information content (AvgIpc) is 2.35. The molecule has 0 aliphatic heterocycles. The number of hydrogen-bond acceptors (Lipinski definition) is 3. The zero-order valence-electron chi connectivity index (χ0n) is 12.2. The Labute approximate surface area is 145 Å². The average molecular weight is 418 g/mol. The smallest absolute Gasteiger partial charge is 0.243 e. The van der Waals surface area contributed by atoms with Crippen LogP contribution in [0.4, 0.5) is 0 Å². The van der Waals surface area contributed by atoms with Crippen LogP contribution >= 0.6 is 39.1 Å². The minimum atomic E-state index is -3.73. The number of rotatable bonds is 7. The monoisotopic (exact) mass is 416 g/mol. The Morgan fingerprint density at radius 3 is 2.33 bits per heavy atom. The SMILES string of the molecule is CCC(C)N(C)CCNS(=O)(=O)c1c(Cl)cc(Br)cc1Cl. The summed E-state index contributed by atoms with van der Waals surface area (Å²) >= 11 is 15.2. The van der Waals surface area contributed by atoms with Crippen molar-refractivity contribution in [2.45, 2.75) is 31.2 Å². The highest BCUT2D eigenvalue weighted by atomic mass is 79.9. The molecule has 21 heavy (non-hydrogen) atoms. The molecule has 4 nitrogen and oxygen atoms in total. The van der Waals surface area contributed by atoms with Gasteiger partial charge in [-0.1, -0.05) is 46.1 Å². The molecule has 0 aromatic heterocycles. The van der Waals surface area contributed by atoms with Gasteiger partial charge in [0.25, 0.3) is 0 Å². The third kappa shape index (κ3) is 5.37. The molecule has 0 fully saturated rings. The predicted octanol–water partition coefficient (Wildman–Crippen LogP) is 3.76. The van der Waals surface area contributed by atoms with Gasteiger partial charge in [0.05, 0.1) is 10.0 Å². The molecule has 8 heteroatoms. The van der Waals surface area contributed by atoms with Gasteiger partial charge in [-0.3, -0.25) is 0 Å². The van der Waals surface area contributed by atoms with Gasteiger partial charge in [0.2, 0.25) is 10.0 Å². The normalized spacial score (nSPS) is 13.7. The molecule has 1 aromatic carbocycles. The van der Waals surface area contributed by atoms with Gasteiger partial charge in [-0.05, 0) is 32.5 Å². The quantitative estimate of drug-likeness (QED) is 0.734. The van der Waals surface area contributed by atoms with Crippen LogP contribution in [0.3, 0.4) is 0 Å². The molecular weight excluding hydrogens is 399 g/mol. The topological polar surface area (TPSA) is 49.4 Å². The zero-order valence-corrected chi connectivity index (χ0v) is 16.1. The summed E-state index contributed by atoms with van der Waals surface area (Å²) in [5, 5.41) is 0.189. The molecule has 0 spiro atoms. The molecule has 0 heterocycles. The van der Waals surface area contributed by atoms with Crippen molar-refractivity contribution in [2.75, 3.05) is 20.1 Å². The van der Waals surface area contributed by atoms with E-state index in [1.807, 2.05) is 7.05 Å². The van der Waals surface area contributed by atoms with Gasteiger partial charge >= 0.3 is 0 Å². The minimum Gasteiger partial charge on any atom is -0.302 e. The molecule has 0 radical (unpaired) electrons. The van der Waals surface area contributed by atoms with Crippen LogP contribution in [-0.4, -0.2) is 39.5 Å². The standard InChI is InChI=1S/C13H19BrCl2N2O2S/c1-4-9(2)18(3)6-5-17-21(19,20)13-11(15)7-10(14)8-12(13)16/h7-9,17H,4-6H2,1-3H3. The minimum absolute atomic E-state index is 0.0831. The van der Waals surface area contributed by atoms with E-state index in [0.717, 1.165) is 6.42 Å². The second-order valence-corrected chi connectivity index (χ2v) is 8.27. The molecule has 120 valence electrons. The van der Waals surface area contributed by atoms with Crippen molar-refractivity contribution < 1.29 is 8.42 Å². The van der Waals surface area contributed by atoms with Crippen LogP contribution in [0, 0.1) is 0 Å². The van der Waals surface area contributed by atoms with Crippen LogP contribution in [0.2, 0.25) is 10.0 Å². The van der Waals surface area contributed by atoms with Crippen LogP contribution in [-0.2, 0) is 10.0 Å². The van der Waals surface area contributed by atoms with Crippen molar-refractivity contribution in [3.05, 3.63) is 26.7 Å². The van der Waals surface area contributed by atoms with Gasteiger partial charge < -0.3 is 4.90 Å². The van der Waals surface area contributed by atoms with E-state index in [9.17, 15) is 8.42 Å². The molecule has 0 amide bonds. The fraction of sp³-hybridized carbons (Fsp3) is 0.538. The molecule has 1 unspecified atom stereocenters. The van der Waals surface area contributed by atoms with Gasteiger partial charge in [-0.15, -0.1) is 0 Å². The van der Waals surface area contributed by atoms with Crippen molar-refractivity contribution in [1.29, 1.82) is 0 Å². The molecule has 0 aliphatic rings. The Hall–Kier alpha value is 0.150. The van der Waals surface area contributed by atoms with Crippen molar-refractivity contribution in [1.82, 2.24) is 9.62 Å². The van der Waals surface area contributed by atoms with Crippen molar-refractivity contribution >= 4 is 49.2 Å². The summed E-state index contributed by atoms with van der Waals surface area (Å²) < 4.78 is 27.7. The summed E-state index contributed by atoms with van der Waals surface area (Å²) in [5.74, 6) is 0. The first-order valence-electron chi connectivity index (χ1n) is 6.53.